The van der Waals surface area contributed by atoms with Crippen LogP contribution in [0.5, 0.6) is 0 Å². The van der Waals surface area contributed by atoms with Gasteiger partial charge in [-0.1, -0.05) is 0 Å². The summed E-state index contributed by atoms with van der Waals surface area (Å²) in [6, 6.07) is 2.23. The average molecular weight is 238 g/mol. The number of rotatable bonds is 6. The van der Waals surface area contributed by atoms with E-state index >= 15 is 0 Å². The monoisotopic (exact) mass is 237 g/mol. The molecule has 0 radical (unpaired) electrons. The van der Waals surface area contributed by atoms with E-state index in [0.29, 0.717) is 13.0 Å². The second-order valence-corrected chi connectivity index (χ2v) is 5.22. The minimum Gasteiger partial charge on any atom is -0.330 e. The Kier molecular flexibility index (Phi) is 7.44. The van der Waals surface area contributed by atoms with Gasteiger partial charge < -0.3 is 10.3 Å². The molecule has 2 atom stereocenters. The van der Waals surface area contributed by atoms with Crippen molar-refractivity contribution in [3.8, 4) is 6.07 Å². The Labute approximate surface area is 91.6 Å². The third-order valence-electron chi connectivity index (χ3n) is 1.54. The maximum absolute atomic E-state index is 8.33. The number of halogens is 1. The molecule has 14 heavy (non-hydrogen) atoms. The first kappa shape index (κ1) is 14.1. The summed E-state index contributed by atoms with van der Waals surface area (Å²) in [5, 5.41) is 8.33. The maximum atomic E-state index is 8.33. The number of nitrogens with zero attached hydrogens (tertiary/aromatic N) is 2. The smallest absolute Gasteiger partial charge is 0.208 e. The Morgan fingerprint density at radius 3 is 2.50 bits per heavy atom. The standard InChI is InChI=1S/C8H17ClN3OP/c1-7(2)12(8(3)11)14(9)13-6-4-5-10/h7-8H,4,6,11H2,1-3H3. The van der Waals surface area contributed by atoms with E-state index in [9.17, 15) is 0 Å². The van der Waals surface area contributed by atoms with Gasteiger partial charge in [-0.3, -0.25) is 0 Å². The van der Waals surface area contributed by atoms with E-state index in [4.69, 9.17) is 26.8 Å². The molecule has 4 nitrogen and oxygen atoms in total. The number of nitrogens with two attached hydrogens (primary N) is 1. The highest BCUT2D eigenvalue weighted by atomic mass is 35.7. The van der Waals surface area contributed by atoms with Gasteiger partial charge in [0.1, 0.15) is 0 Å². The Balaban J connectivity index is 4.03. The zero-order valence-corrected chi connectivity index (χ0v) is 10.4. The molecule has 0 rings (SSSR count). The van der Waals surface area contributed by atoms with Gasteiger partial charge in [0.05, 0.1) is 25.3 Å². The van der Waals surface area contributed by atoms with Crippen LogP contribution in [0, 0.1) is 11.3 Å². The van der Waals surface area contributed by atoms with Gasteiger partial charge in [0.2, 0.25) is 7.65 Å². The molecule has 0 bridgehead atoms. The second-order valence-electron chi connectivity index (χ2n) is 3.18. The number of hydrogen-bond acceptors (Lipinski definition) is 4. The largest absolute Gasteiger partial charge is 0.330 e. The molecular formula is C8H17ClN3OP. The molecule has 0 aromatic heterocycles. The Morgan fingerprint density at radius 2 is 2.14 bits per heavy atom. The van der Waals surface area contributed by atoms with Crippen LogP contribution in [0.25, 0.3) is 0 Å². The molecule has 0 amide bonds. The predicted molar refractivity (Wildman–Crippen MR) is 59.6 cm³/mol. The van der Waals surface area contributed by atoms with Gasteiger partial charge in [-0.25, -0.2) is 4.67 Å². The summed E-state index contributed by atoms with van der Waals surface area (Å²) in [6.07, 6.45) is 0.219. The van der Waals surface area contributed by atoms with Crippen molar-refractivity contribution < 1.29 is 4.52 Å². The summed E-state index contributed by atoms with van der Waals surface area (Å²) in [7, 11) is -1.21. The van der Waals surface area contributed by atoms with E-state index in [-0.39, 0.29) is 12.2 Å². The molecule has 0 aliphatic rings. The van der Waals surface area contributed by atoms with E-state index in [1.165, 1.54) is 0 Å². The van der Waals surface area contributed by atoms with Crippen LogP contribution in [0.2, 0.25) is 0 Å². The molecule has 0 aromatic carbocycles. The lowest BCUT2D eigenvalue weighted by atomic mass is 10.4. The minimum atomic E-state index is -1.21. The third kappa shape index (κ3) is 5.09. The molecule has 0 aliphatic heterocycles. The number of nitriles is 1. The summed E-state index contributed by atoms with van der Waals surface area (Å²) in [5.74, 6) is 0. The molecule has 0 aromatic rings. The highest BCUT2D eigenvalue weighted by molar-refractivity contribution is 7.78. The molecule has 2 N–H and O–H groups in total. The Hall–Kier alpha value is 0.0900. The second kappa shape index (κ2) is 7.39. The Morgan fingerprint density at radius 1 is 1.57 bits per heavy atom. The van der Waals surface area contributed by atoms with Gasteiger partial charge in [0.15, 0.2) is 0 Å². The van der Waals surface area contributed by atoms with Crippen LogP contribution in [0.1, 0.15) is 27.2 Å². The quantitative estimate of drug-likeness (QED) is 0.438. The van der Waals surface area contributed by atoms with Crippen LogP contribution in [0.4, 0.5) is 0 Å². The highest BCUT2D eigenvalue weighted by Crippen LogP contribution is 2.48. The van der Waals surface area contributed by atoms with Crippen molar-refractivity contribution in [2.45, 2.75) is 39.4 Å². The molecule has 2 unspecified atom stereocenters. The normalized spacial score (nSPS) is 15.6. The minimum absolute atomic E-state index is 0.138. The average Bonchev–Trinajstić information content (AvgIpc) is 2.03. The van der Waals surface area contributed by atoms with Crippen molar-refractivity contribution in [1.82, 2.24) is 4.67 Å². The highest BCUT2D eigenvalue weighted by Gasteiger charge is 2.23. The SMILES string of the molecule is CC(C)N(C(C)N)P(Cl)OCCC#N. The van der Waals surface area contributed by atoms with Crippen molar-refractivity contribution >= 4 is 18.9 Å². The van der Waals surface area contributed by atoms with Crippen LogP contribution in [-0.2, 0) is 4.52 Å². The van der Waals surface area contributed by atoms with Crippen LogP contribution < -0.4 is 5.73 Å². The van der Waals surface area contributed by atoms with E-state index in [1.807, 2.05) is 31.5 Å². The molecular weight excluding hydrogens is 221 g/mol. The molecule has 0 aliphatic carbocycles. The summed E-state index contributed by atoms with van der Waals surface area (Å²) in [6.45, 7) is 6.25. The van der Waals surface area contributed by atoms with Crippen molar-refractivity contribution in [1.29, 1.82) is 5.26 Å². The van der Waals surface area contributed by atoms with Crippen LogP contribution >= 0.6 is 18.9 Å². The summed E-state index contributed by atoms with van der Waals surface area (Å²) in [4.78, 5) is 0. The summed E-state index contributed by atoms with van der Waals surface area (Å²) < 4.78 is 7.22. The van der Waals surface area contributed by atoms with E-state index in [0.717, 1.165) is 0 Å². The van der Waals surface area contributed by atoms with E-state index in [2.05, 4.69) is 0 Å². The first-order valence-corrected chi connectivity index (χ1v) is 6.62. The van der Waals surface area contributed by atoms with Gasteiger partial charge in [-0.05, 0) is 32.0 Å². The molecule has 0 spiro atoms. The number of hydrogen-bond donors (Lipinski definition) is 1. The lowest BCUT2D eigenvalue weighted by Crippen LogP contribution is -2.39. The zero-order chi connectivity index (χ0) is 11.1. The van der Waals surface area contributed by atoms with Crippen molar-refractivity contribution in [2.75, 3.05) is 6.61 Å². The van der Waals surface area contributed by atoms with Crippen LogP contribution in [0.15, 0.2) is 0 Å². The third-order valence-corrected chi connectivity index (χ3v) is 3.94. The predicted octanol–water partition coefficient (Wildman–Crippen LogP) is 2.40. The van der Waals surface area contributed by atoms with Crippen LogP contribution in [-0.4, -0.2) is 23.5 Å². The van der Waals surface area contributed by atoms with Crippen molar-refractivity contribution in [2.24, 2.45) is 5.73 Å². The van der Waals surface area contributed by atoms with Gasteiger partial charge in [0.25, 0.3) is 0 Å². The molecule has 82 valence electrons. The fraction of sp³-hybridized carbons (Fsp3) is 0.875. The topological polar surface area (TPSA) is 62.3 Å². The van der Waals surface area contributed by atoms with Gasteiger partial charge in [0, 0.05) is 6.04 Å². The van der Waals surface area contributed by atoms with Gasteiger partial charge in [-0.2, -0.15) is 5.26 Å². The van der Waals surface area contributed by atoms with Gasteiger partial charge >= 0.3 is 0 Å². The molecule has 0 heterocycles. The van der Waals surface area contributed by atoms with Gasteiger partial charge in [-0.15, -0.1) is 0 Å². The Bertz CT molecular complexity index is 188. The molecule has 6 heteroatoms. The summed E-state index contributed by atoms with van der Waals surface area (Å²) >= 11 is 6.05. The lowest BCUT2D eigenvalue weighted by Gasteiger charge is -2.32. The molecule has 0 fully saturated rings. The van der Waals surface area contributed by atoms with Crippen molar-refractivity contribution in [3.63, 3.8) is 0 Å². The lowest BCUT2D eigenvalue weighted by molar-refractivity contribution is 0.259. The van der Waals surface area contributed by atoms with Crippen LogP contribution in [0.3, 0.4) is 0 Å². The molecule has 0 saturated heterocycles. The van der Waals surface area contributed by atoms with E-state index < -0.39 is 7.65 Å². The molecule has 0 saturated carbocycles. The van der Waals surface area contributed by atoms with Crippen molar-refractivity contribution in [3.05, 3.63) is 0 Å². The zero-order valence-electron chi connectivity index (χ0n) is 8.77. The summed E-state index contributed by atoms with van der Waals surface area (Å²) in [5.41, 5.74) is 5.76. The fourth-order valence-corrected chi connectivity index (χ4v) is 3.20. The fourth-order valence-electron chi connectivity index (χ4n) is 1.03. The van der Waals surface area contributed by atoms with E-state index in [1.54, 1.807) is 0 Å². The first-order chi connectivity index (χ1) is 6.50. The maximum Gasteiger partial charge on any atom is 0.208 e. The first-order valence-electron chi connectivity index (χ1n) is 4.50.